The monoisotopic (exact) mass is 274 g/mol. The molecule has 84 valence electrons. The predicted molar refractivity (Wildman–Crippen MR) is 64.3 cm³/mol. The van der Waals surface area contributed by atoms with Gasteiger partial charge in [0.2, 0.25) is 0 Å². The minimum Gasteiger partial charge on any atom is -0.497 e. The summed E-state index contributed by atoms with van der Waals surface area (Å²) < 4.78 is 18.4. The van der Waals surface area contributed by atoms with Crippen molar-refractivity contribution in [2.24, 2.45) is 0 Å². The molecule has 1 atom stereocenters. The van der Waals surface area contributed by atoms with Gasteiger partial charge >= 0.3 is 0 Å². The molecule has 1 aromatic rings. The van der Waals surface area contributed by atoms with Crippen molar-refractivity contribution < 1.29 is 9.13 Å². The van der Waals surface area contributed by atoms with Gasteiger partial charge in [0.25, 0.3) is 0 Å². The van der Waals surface area contributed by atoms with Crippen molar-refractivity contribution in [3.63, 3.8) is 0 Å². The molecule has 1 nitrogen and oxygen atoms in total. The summed E-state index contributed by atoms with van der Waals surface area (Å²) in [5.41, 5.74) is 0.758. The first-order valence-corrected chi connectivity index (χ1v) is 6.05. The summed E-state index contributed by atoms with van der Waals surface area (Å²) in [5, 5.41) is 0. The summed E-state index contributed by atoms with van der Waals surface area (Å²) in [5.74, 6) is 0.396. The maximum atomic E-state index is 13.5. The molecular weight excluding hydrogens is 259 g/mol. The summed E-state index contributed by atoms with van der Waals surface area (Å²) in [7, 11) is 1.54. The number of methoxy groups -OCH3 is 1. The van der Waals surface area contributed by atoms with E-state index in [2.05, 4.69) is 22.9 Å². The molecule has 0 aliphatic heterocycles. The Morgan fingerprint density at radius 2 is 2.20 bits per heavy atom. The zero-order chi connectivity index (χ0) is 11.3. The van der Waals surface area contributed by atoms with Crippen LogP contribution in [0.4, 0.5) is 4.39 Å². The molecule has 1 unspecified atom stereocenters. The SMILES string of the molecule is CCC(Br)CCc1ccc(OC)cc1F. The second-order valence-electron chi connectivity index (χ2n) is 3.50. The Hall–Kier alpha value is -0.570. The van der Waals surface area contributed by atoms with E-state index in [9.17, 15) is 4.39 Å². The van der Waals surface area contributed by atoms with Crippen LogP contribution in [-0.4, -0.2) is 11.9 Å². The van der Waals surface area contributed by atoms with Crippen LogP contribution in [0.25, 0.3) is 0 Å². The van der Waals surface area contributed by atoms with E-state index in [1.165, 1.54) is 6.07 Å². The molecule has 0 aromatic heterocycles. The summed E-state index contributed by atoms with van der Waals surface area (Å²) in [6.45, 7) is 2.11. The number of aryl methyl sites for hydroxylation is 1. The molecule has 1 aromatic carbocycles. The number of rotatable bonds is 5. The zero-order valence-electron chi connectivity index (χ0n) is 9.09. The van der Waals surface area contributed by atoms with Gasteiger partial charge in [-0.3, -0.25) is 0 Å². The molecule has 0 saturated heterocycles. The van der Waals surface area contributed by atoms with Gasteiger partial charge in [-0.05, 0) is 30.9 Å². The van der Waals surface area contributed by atoms with Gasteiger partial charge in [0.15, 0.2) is 0 Å². The lowest BCUT2D eigenvalue weighted by molar-refractivity contribution is 0.410. The Morgan fingerprint density at radius 3 is 2.73 bits per heavy atom. The molecule has 3 heteroatoms. The molecule has 0 aliphatic carbocycles. The van der Waals surface area contributed by atoms with E-state index >= 15 is 0 Å². The summed E-state index contributed by atoms with van der Waals surface area (Å²) in [4.78, 5) is 0.471. The lowest BCUT2D eigenvalue weighted by Crippen LogP contribution is -2.00. The Kier molecular flexibility index (Phi) is 5.09. The average molecular weight is 275 g/mol. The molecule has 0 aliphatic rings. The largest absolute Gasteiger partial charge is 0.497 e. The minimum atomic E-state index is -0.176. The summed E-state index contributed by atoms with van der Waals surface area (Å²) in [6.07, 6.45) is 2.79. The van der Waals surface area contributed by atoms with Crippen LogP contribution in [-0.2, 0) is 6.42 Å². The van der Waals surface area contributed by atoms with E-state index in [4.69, 9.17) is 4.74 Å². The molecule has 1 rings (SSSR count). The standard InChI is InChI=1S/C12H16BrFO/c1-3-10(13)6-4-9-5-7-11(15-2)8-12(9)14/h5,7-8,10H,3-4,6H2,1-2H3. The van der Waals surface area contributed by atoms with Gasteiger partial charge in [-0.1, -0.05) is 28.9 Å². The van der Waals surface area contributed by atoms with Crippen LogP contribution in [0.15, 0.2) is 18.2 Å². The highest BCUT2D eigenvalue weighted by molar-refractivity contribution is 9.09. The topological polar surface area (TPSA) is 9.23 Å². The van der Waals surface area contributed by atoms with Crippen LogP contribution < -0.4 is 4.74 Å². The van der Waals surface area contributed by atoms with Crippen molar-refractivity contribution in [1.29, 1.82) is 0 Å². The van der Waals surface area contributed by atoms with E-state index < -0.39 is 0 Å². The summed E-state index contributed by atoms with van der Waals surface area (Å²) >= 11 is 3.54. The van der Waals surface area contributed by atoms with Gasteiger partial charge in [0.05, 0.1) is 7.11 Å². The van der Waals surface area contributed by atoms with Gasteiger partial charge in [-0.2, -0.15) is 0 Å². The number of hydrogen-bond donors (Lipinski definition) is 0. The van der Waals surface area contributed by atoms with Crippen molar-refractivity contribution in [3.05, 3.63) is 29.6 Å². The third-order valence-electron chi connectivity index (χ3n) is 2.43. The number of ether oxygens (including phenoxy) is 1. The van der Waals surface area contributed by atoms with Crippen molar-refractivity contribution in [2.45, 2.75) is 31.0 Å². The molecule has 0 N–H and O–H groups in total. The molecule has 0 radical (unpaired) electrons. The van der Waals surface area contributed by atoms with E-state index in [0.29, 0.717) is 10.6 Å². The van der Waals surface area contributed by atoms with Gasteiger partial charge in [-0.25, -0.2) is 4.39 Å². The highest BCUT2D eigenvalue weighted by Crippen LogP contribution is 2.20. The first kappa shape index (κ1) is 12.5. The molecule has 0 heterocycles. The quantitative estimate of drug-likeness (QED) is 0.739. The van der Waals surface area contributed by atoms with E-state index in [-0.39, 0.29) is 5.82 Å². The fourth-order valence-corrected chi connectivity index (χ4v) is 1.60. The van der Waals surface area contributed by atoms with E-state index in [0.717, 1.165) is 24.8 Å². The zero-order valence-corrected chi connectivity index (χ0v) is 10.7. The first-order valence-electron chi connectivity index (χ1n) is 5.13. The fourth-order valence-electron chi connectivity index (χ4n) is 1.37. The first-order chi connectivity index (χ1) is 7.17. The van der Waals surface area contributed by atoms with Crippen LogP contribution >= 0.6 is 15.9 Å². The van der Waals surface area contributed by atoms with Gasteiger partial charge < -0.3 is 4.74 Å². The molecule has 0 fully saturated rings. The fraction of sp³-hybridized carbons (Fsp3) is 0.500. The Morgan fingerprint density at radius 1 is 1.47 bits per heavy atom. The highest BCUT2D eigenvalue weighted by atomic mass is 79.9. The van der Waals surface area contributed by atoms with Crippen LogP contribution in [0.2, 0.25) is 0 Å². The van der Waals surface area contributed by atoms with Crippen LogP contribution in [0.5, 0.6) is 5.75 Å². The number of halogens is 2. The maximum Gasteiger partial charge on any atom is 0.130 e. The molecule has 0 amide bonds. The molecule has 15 heavy (non-hydrogen) atoms. The molecular formula is C12H16BrFO. The smallest absolute Gasteiger partial charge is 0.130 e. The third-order valence-corrected chi connectivity index (χ3v) is 3.54. The number of alkyl halides is 1. The number of benzene rings is 1. The number of hydrogen-bond acceptors (Lipinski definition) is 1. The predicted octanol–water partition coefficient (Wildman–Crippen LogP) is 3.94. The second-order valence-corrected chi connectivity index (χ2v) is 4.80. The average Bonchev–Trinajstić information content (AvgIpc) is 2.26. The normalized spacial score (nSPS) is 12.5. The van der Waals surface area contributed by atoms with Crippen LogP contribution in [0.1, 0.15) is 25.3 Å². The van der Waals surface area contributed by atoms with Crippen molar-refractivity contribution in [1.82, 2.24) is 0 Å². The van der Waals surface area contributed by atoms with E-state index in [1.807, 2.05) is 0 Å². The summed E-state index contributed by atoms with van der Waals surface area (Å²) in [6, 6.07) is 5.03. The molecule has 0 saturated carbocycles. The van der Waals surface area contributed by atoms with Crippen LogP contribution in [0, 0.1) is 5.82 Å². The second kappa shape index (κ2) is 6.11. The van der Waals surface area contributed by atoms with Gasteiger partial charge in [0.1, 0.15) is 11.6 Å². The van der Waals surface area contributed by atoms with Crippen LogP contribution in [0.3, 0.4) is 0 Å². The maximum absolute atomic E-state index is 13.5. The highest BCUT2D eigenvalue weighted by Gasteiger charge is 2.06. The molecule has 0 spiro atoms. The van der Waals surface area contributed by atoms with Crippen molar-refractivity contribution in [2.75, 3.05) is 7.11 Å². The van der Waals surface area contributed by atoms with E-state index in [1.54, 1.807) is 19.2 Å². The van der Waals surface area contributed by atoms with Gasteiger partial charge in [-0.15, -0.1) is 0 Å². The Balaban J connectivity index is 2.62. The Bertz CT molecular complexity index is 314. The van der Waals surface area contributed by atoms with Gasteiger partial charge in [0, 0.05) is 10.9 Å². The minimum absolute atomic E-state index is 0.176. The lowest BCUT2D eigenvalue weighted by Gasteiger charge is -2.08. The molecule has 0 bridgehead atoms. The van der Waals surface area contributed by atoms with Crippen molar-refractivity contribution >= 4 is 15.9 Å². The van der Waals surface area contributed by atoms with Crippen molar-refractivity contribution in [3.8, 4) is 5.75 Å². The third kappa shape index (κ3) is 3.82. The lowest BCUT2D eigenvalue weighted by atomic mass is 10.1. The Labute approximate surface area is 98.8 Å².